The normalized spacial score (nSPS) is 19.4. The molecule has 1 unspecified atom stereocenters. The molecule has 2 aromatic rings. The summed E-state index contributed by atoms with van der Waals surface area (Å²) in [6.45, 7) is 2.18. The van der Waals surface area contributed by atoms with Crippen molar-refractivity contribution in [3.05, 3.63) is 35.8 Å². The Labute approximate surface area is 105 Å². The third-order valence-corrected chi connectivity index (χ3v) is 3.82. The number of nitrogens with zero attached hydrogens (tertiary/aromatic N) is 1. The average molecular weight is 245 g/mol. The van der Waals surface area contributed by atoms with Gasteiger partial charge in [-0.15, -0.1) is 11.3 Å². The Morgan fingerprint density at radius 2 is 2.18 bits per heavy atom. The van der Waals surface area contributed by atoms with E-state index in [1.54, 1.807) is 11.3 Å². The highest BCUT2D eigenvalue weighted by Crippen LogP contribution is 2.23. The summed E-state index contributed by atoms with van der Waals surface area (Å²) in [5.41, 5.74) is 2.38. The Balaban J connectivity index is 1.71. The molecule has 4 heteroatoms. The van der Waals surface area contributed by atoms with Crippen LogP contribution in [0.4, 0.5) is 5.69 Å². The smallest absolute Gasteiger partial charge is 0.123 e. The molecule has 0 aliphatic carbocycles. The molecule has 17 heavy (non-hydrogen) atoms. The SMILES string of the molecule is c1csc(-c2ccc(NC3CCNC3)cc2)n1. The largest absolute Gasteiger partial charge is 0.381 e. The maximum atomic E-state index is 4.31. The number of nitrogens with one attached hydrogen (secondary N) is 2. The zero-order valence-electron chi connectivity index (χ0n) is 9.52. The van der Waals surface area contributed by atoms with Crippen LogP contribution in [0, 0.1) is 0 Å². The third kappa shape index (κ3) is 2.48. The highest BCUT2D eigenvalue weighted by atomic mass is 32.1. The van der Waals surface area contributed by atoms with Crippen molar-refractivity contribution in [1.29, 1.82) is 0 Å². The maximum absolute atomic E-state index is 4.31. The van der Waals surface area contributed by atoms with Crippen LogP contribution < -0.4 is 10.6 Å². The van der Waals surface area contributed by atoms with Crippen LogP contribution >= 0.6 is 11.3 Å². The highest BCUT2D eigenvalue weighted by Gasteiger charge is 2.13. The summed E-state index contributed by atoms with van der Waals surface area (Å²) in [5.74, 6) is 0. The van der Waals surface area contributed by atoms with E-state index in [-0.39, 0.29) is 0 Å². The summed E-state index contributed by atoms with van der Waals surface area (Å²) in [4.78, 5) is 4.31. The summed E-state index contributed by atoms with van der Waals surface area (Å²) in [7, 11) is 0. The van der Waals surface area contributed by atoms with Gasteiger partial charge in [-0.1, -0.05) is 0 Å². The van der Waals surface area contributed by atoms with Crippen LogP contribution in [-0.2, 0) is 0 Å². The van der Waals surface area contributed by atoms with E-state index in [4.69, 9.17) is 0 Å². The van der Waals surface area contributed by atoms with E-state index < -0.39 is 0 Å². The second-order valence-corrected chi connectivity index (χ2v) is 5.14. The van der Waals surface area contributed by atoms with E-state index in [0.29, 0.717) is 6.04 Å². The molecule has 88 valence electrons. The van der Waals surface area contributed by atoms with Crippen molar-refractivity contribution >= 4 is 17.0 Å². The van der Waals surface area contributed by atoms with Gasteiger partial charge in [0.2, 0.25) is 0 Å². The Hall–Kier alpha value is -1.39. The van der Waals surface area contributed by atoms with Crippen LogP contribution in [-0.4, -0.2) is 24.1 Å². The summed E-state index contributed by atoms with van der Waals surface area (Å²) in [6.07, 6.45) is 3.05. The zero-order valence-corrected chi connectivity index (χ0v) is 10.3. The fraction of sp³-hybridized carbons (Fsp3) is 0.308. The molecule has 0 amide bonds. The third-order valence-electron chi connectivity index (χ3n) is 3.00. The molecule has 2 heterocycles. The van der Waals surface area contributed by atoms with Crippen LogP contribution in [0.15, 0.2) is 35.8 Å². The molecule has 0 saturated carbocycles. The van der Waals surface area contributed by atoms with Crippen molar-refractivity contribution < 1.29 is 0 Å². The van der Waals surface area contributed by atoms with Gasteiger partial charge in [-0.2, -0.15) is 0 Å². The number of hydrogen-bond acceptors (Lipinski definition) is 4. The summed E-state index contributed by atoms with van der Waals surface area (Å²) in [6, 6.07) is 9.10. The molecule has 3 rings (SSSR count). The maximum Gasteiger partial charge on any atom is 0.123 e. The Kier molecular flexibility index (Phi) is 3.07. The summed E-state index contributed by atoms with van der Waals surface area (Å²) < 4.78 is 0. The lowest BCUT2D eigenvalue weighted by Gasteiger charge is -2.12. The molecular weight excluding hydrogens is 230 g/mol. The van der Waals surface area contributed by atoms with Gasteiger partial charge in [0, 0.05) is 35.4 Å². The van der Waals surface area contributed by atoms with E-state index in [0.717, 1.165) is 18.1 Å². The summed E-state index contributed by atoms with van der Waals surface area (Å²) >= 11 is 1.67. The Bertz CT molecular complexity index is 458. The molecule has 2 N–H and O–H groups in total. The van der Waals surface area contributed by atoms with Gasteiger partial charge in [0.05, 0.1) is 0 Å². The lowest BCUT2D eigenvalue weighted by atomic mass is 10.2. The first-order chi connectivity index (χ1) is 8.42. The van der Waals surface area contributed by atoms with Crippen molar-refractivity contribution in [2.24, 2.45) is 0 Å². The van der Waals surface area contributed by atoms with Crippen molar-refractivity contribution in [3.63, 3.8) is 0 Å². The minimum absolute atomic E-state index is 0.570. The molecule has 1 aliphatic heterocycles. The van der Waals surface area contributed by atoms with Gasteiger partial charge in [0.15, 0.2) is 0 Å². The van der Waals surface area contributed by atoms with Gasteiger partial charge in [0.25, 0.3) is 0 Å². The minimum Gasteiger partial charge on any atom is -0.381 e. The Morgan fingerprint density at radius 3 is 2.82 bits per heavy atom. The number of anilines is 1. The molecule has 0 radical (unpaired) electrons. The van der Waals surface area contributed by atoms with E-state index in [9.17, 15) is 0 Å². The molecular formula is C13H15N3S. The van der Waals surface area contributed by atoms with Crippen molar-refractivity contribution in [2.45, 2.75) is 12.5 Å². The number of benzene rings is 1. The quantitative estimate of drug-likeness (QED) is 0.872. The lowest BCUT2D eigenvalue weighted by molar-refractivity contribution is 0.793. The number of aromatic nitrogens is 1. The first-order valence-corrected chi connectivity index (χ1v) is 6.77. The van der Waals surface area contributed by atoms with Crippen LogP contribution in [0.25, 0.3) is 10.6 Å². The van der Waals surface area contributed by atoms with E-state index >= 15 is 0 Å². The summed E-state index contributed by atoms with van der Waals surface area (Å²) in [5, 5.41) is 9.98. The molecule has 1 aromatic carbocycles. The van der Waals surface area contributed by atoms with Crippen LogP contribution in [0.5, 0.6) is 0 Å². The van der Waals surface area contributed by atoms with E-state index in [2.05, 4.69) is 39.9 Å². The predicted octanol–water partition coefficient (Wildman–Crippen LogP) is 2.58. The fourth-order valence-corrected chi connectivity index (χ4v) is 2.73. The van der Waals surface area contributed by atoms with Gasteiger partial charge in [-0.3, -0.25) is 0 Å². The molecule has 1 saturated heterocycles. The van der Waals surface area contributed by atoms with Gasteiger partial charge >= 0.3 is 0 Å². The van der Waals surface area contributed by atoms with Crippen LogP contribution in [0.1, 0.15) is 6.42 Å². The van der Waals surface area contributed by atoms with Gasteiger partial charge in [-0.05, 0) is 37.2 Å². The van der Waals surface area contributed by atoms with Crippen molar-refractivity contribution in [1.82, 2.24) is 10.3 Å². The standard InChI is InChI=1S/C13H15N3S/c1-3-11(16-12-5-6-14-9-12)4-2-10(1)13-15-7-8-17-13/h1-4,7-8,12,14,16H,5-6,9H2. The number of rotatable bonds is 3. The Morgan fingerprint density at radius 1 is 1.29 bits per heavy atom. The van der Waals surface area contributed by atoms with E-state index in [1.165, 1.54) is 17.7 Å². The minimum atomic E-state index is 0.570. The fourth-order valence-electron chi connectivity index (χ4n) is 2.09. The van der Waals surface area contributed by atoms with Gasteiger partial charge in [0.1, 0.15) is 5.01 Å². The number of thiazole rings is 1. The van der Waals surface area contributed by atoms with Crippen molar-refractivity contribution in [3.8, 4) is 10.6 Å². The molecule has 1 atom stereocenters. The molecule has 0 bridgehead atoms. The molecule has 1 aromatic heterocycles. The predicted molar refractivity (Wildman–Crippen MR) is 72.4 cm³/mol. The molecule has 0 spiro atoms. The highest BCUT2D eigenvalue weighted by molar-refractivity contribution is 7.13. The first-order valence-electron chi connectivity index (χ1n) is 5.89. The molecule has 1 fully saturated rings. The second-order valence-electron chi connectivity index (χ2n) is 4.25. The van der Waals surface area contributed by atoms with Gasteiger partial charge < -0.3 is 10.6 Å². The van der Waals surface area contributed by atoms with Crippen LogP contribution in [0.3, 0.4) is 0 Å². The lowest BCUT2D eigenvalue weighted by Crippen LogP contribution is -2.21. The second kappa shape index (κ2) is 4.85. The van der Waals surface area contributed by atoms with E-state index in [1.807, 2.05) is 11.6 Å². The van der Waals surface area contributed by atoms with Crippen molar-refractivity contribution in [2.75, 3.05) is 18.4 Å². The van der Waals surface area contributed by atoms with Crippen LogP contribution in [0.2, 0.25) is 0 Å². The molecule has 1 aliphatic rings. The zero-order chi connectivity index (χ0) is 11.5. The van der Waals surface area contributed by atoms with Gasteiger partial charge in [-0.25, -0.2) is 4.98 Å². The first kappa shape index (κ1) is 10.7. The molecule has 3 nitrogen and oxygen atoms in total. The monoisotopic (exact) mass is 245 g/mol. The topological polar surface area (TPSA) is 37.0 Å². The number of hydrogen-bond donors (Lipinski definition) is 2. The average Bonchev–Trinajstić information content (AvgIpc) is 3.01.